The van der Waals surface area contributed by atoms with Crippen molar-refractivity contribution in [1.82, 2.24) is 0 Å². The van der Waals surface area contributed by atoms with E-state index in [-0.39, 0.29) is 5.54 Å². The zero-order valence-electron chi connectivity index (χ0n) is 21.3. The molecule has 2 aliphatic rings. The van der Waals surface area contributed by atoms with E-state index in [0.717, 1.165) is 47.3 Å². The summed E-state index contributed by atoms with van der Waals surface area (Å²) in [4.78, 5) is 0. The van der Waals surface area contributed by atoms with Gasteiger partial charge in [0.1, 0.15) is 0 Å². The molecule has 0 aromatic heterocycles. The summed E-state index contributed by atoms with van der Waals surface area (Å²) in [5.74, 6) is 7.75. The van der Waals surface area contributed by atoms with Crippen LogP contribution >= 0.6 is 0 Å². The van der Waals surface area contributed by atoms with Crippen LogP contribution in [0.2, 0.25) is 0 Å². The van der Waals surface area contributed by atoms with Crippen LogP contribution in [-0.2, 0) is 0 Å². The summed E-state index contributed by atoms with van der Waals surface area (Å²) in [5.41, 5.74) is 7.10. The van der Waals surface area contributed by atoms with Crippen molar-refractivity contribution in [3.63, 3.8) is 0 Å². The lowest BCUT2D eigenvalue weighted by Gasteiger charge is -2.46. The first-order chi connectivity index (χ1) is 13.6. The van der Waals surface area contributed by atoms with Crippen molar-refractivity contribution in [2.75, 3.05) is 0 Å². The van der Waals surface area contributed by atoms with Crippen LogP contribution in [0.4, 0.5) is 0 Å². The van der Waals surface area contributed by atoms with Gasteiger partial charge in [-0.15, -0.1) is 0 Å². The standard InChI is InChI=1S/C28H55N/c1-9-23(26-17-21(6)12-14-24(26)19(2)3)11-10-16-28(8,29)27-18-22(7)13-15-25(27)20(4)5/h19-27H,9-18,29H2,1-8H3. The minimum absolute atomic E-state index is 0.0131. The van der Waals surface area contributed by atoms with E-state index >= 15 is 0 Å². The Bertz CT molecular complexity index is 465. The lowest BCUT2D eigenvalue weighted by molar-refractivity contribution is 0.0656. The van der Waals surface area contributed by atoms with Gasteiger partial charge in [0, 0.05) is 5.54 Å². The molecule has 0 radical (unpaired) electrons. The highest BCUT2D eigenvalue weighted by molar-refractivity contribution is 4.95. The van der Waals surface area contributed by atoms with Gasteiger partial charge >= 0.3 is 0 Å². The maximum Gasteiger partial charge on any atom is 0.0157 e. The molecule has 2 rings (SSSR count). The molecule has 1 nitrogen and oxygen atoms in total. The fourth-order valence-electron chi connectivity index (χ4n) is 7.43. The summed E-state index contributed by atoms with van der Waals surface area (Å²) in [6, 6.07) is 0. The molecule has 8 unspecified atom stereocenters. The molecule has 0 heterocycles. The quantitative estimate of drug-likeness (QED) is 0.410. The van der Waals surface area contributed by atoms with Gasteiger partial charge in [-0.3, -0.25) is 0 Å². The summed E-state index contributed by atoms with van der Waals surface area (Å²) in [5, 5.41) is 0. The molecular weight excluding hydrogens is 350 g/mol. The maximum atomic E-state index is 7.09. The van der Waals surface area contributed by atoms with E-state index < -0.39 is 0 Å². The zero-order chi connectivity index (χ0) is 21.8. The Morgan fingerprint density at radius 2 is 1.38 bits per heavy atom. The minimum Gasteiger partial charge on any atom is -0.325 e. The molecular formula is C28H55N. The predicted octanol–water partition coefficient (Wildman–Crippen LogP) is 8.32. The fraction of sp³-hybridized carbons (Fsp3) is 1.00. The van der Waals surface area contributed by atoms with E-state index in [1.165, 1.54) is 64.2 Å². The molecule has 0 aliphatic heterocycles. The molecule has 2 fully saturated rings. The summed E-state index contributed by atoms with van der Waals surface area (Å²) in [6.07, 6.45) is 13.8. The number of nitrogens with two attached hydrogens (primary N) is 1. The van der Waals surface area contributed by atoms with Gasteiger partial charge in [-0.25, -0.2) is 0 Å². The molecule has 0 saturated heterocycles. The van der Waals surface area contributed by atoms with Crippen LogP contribution in [0.25, 0.3) is 0 Å². The van der Waals surface area contributed by atoms with Crippen LogP contribution in [0.15, 0.2) is 0 Å². The second-order valence-electron chi connectivity index (χ2n) is 12.5. The first-order valence-corrected chi connectivity index (χ1v) is 13.4. The Balaban J connectivity index is 1.97. The Kier molecular flexibility index (Phi) is 9.58. The Morgan fingerprint density at radius 3 is 1.93 bits per heavy atom. The van der Waals surface area contributed by atoms with Crippen molar-refractivity contribution < 1.29 is 0 Å². The third kappa shape index (κ3) is 6.72. The second kappa shape index (κ2) is 11.0. The molecule has 2 saturated carbocycles. The van der Waals surface area contributed by atoms with Gasteiger partial charge in [0.2, 0.25) is 0 Å². The molecule has 2 N–H and O–H groups in total. The first-order valence-electron chi connectivity index (χ1n) is 13.4. The average molecular weight is 406 g/mol. The van der Waals surface area contributed by atoms with Gasteiger partial charge in [-0.1, -0.05) is 80.6 Å². The van der Waals surface area contributed by atoms with Gasteiger partial charge in [0.05, 0.1) is 0 Å². The fourth-order valence-corrected chi connectivity index (χ4v) is 7.43. The summed E-state index contributed by atoms with van der Waals surface area (Å²) >= 11 is 0. The molecule has 29 heavy (non-hydrogen) atoms. The maximum absolute atomic E-state index is 7.09. The predicted molar refractivity (Wildman–Crippen MR) is 130 cm³/mol. The Labute approximate surface area is 184 Å². The van der Waals surface area contributed by atoms with Gasteiger partial charge in [-0.2, -0.15) is 0 Å². The highest BCUT2D eigenvalue weighted by Crippen LogP contribution is 2.46. The van der Waals surface area contributed by atoms with E-state index in [0.29, 0.717) is 5.92 Å². The third-order valence-electron chi connectivity index (χ3n) is 9.36. The molecule has 0 spiro atoms. The van der Waals surface area contributed by atoms with E-state index in [1.807, 2.05) is 0 Å². The van der Waals surface area contributed by atoms with Crippen LogP contribution in [-0.4, -0.2) is 5.54 Å². The SMILES string of the molecule is CCC(CCCC(C)(N)C1CC(C)CCC1C(C)C)C1CC(C)CCC1C(C)C. The van der Waals surface area contributed by atoms with Crippen molar-refractivity contribution in [3.05, 3.63) is 0 Å². The molecule has 172 valence electrons. The number of hydrogen-bond donors (Lipinski definition) is 1. The van der Waals surface area contributed by atoms with Crippen LogP contribution < -0.4 is 5.73 Å². The van der Waals surface area contributed by atoms with Crippen molar-refractivity contribution >= 4 is 0 Å². The van der Waals surface area contributed by atoms with Gasteiger partial charge < -0.3 is 5.73 Å². The van der Waals surface area contributed by atoms with Crippen LogP contribution in [0.1, 0.15) is 120 Å². The molecule has 0 aromatic rings. The van der Waals surface area contributed by atoms with Crippen molar-refractivity contribution in [2.24, 2.45) is 59.0 Å². The van der Waals surface area contributed by atoms with Crippen LogP contribution in [0.5, 0.6) is 0 Å². The lowest BCUT2D eigenvalue weighted by Crippen LogP contribution is -2.50. The average Bonchev–Trinajstić information content (AvgIpc) is 2.64. The highest BCUT2D eigenvalue weighted by atomic mass is 14.8. The molecule has 0 bridgehead atoms. The smallest absolute Gasteiger partial charge is 0.0157 e. The Morgan fingerprint density at radius 1 is 0.828 bits per heavy atom. The van der Waals surface area contributed by atoms with Crippen molar-refractivity contribution in [3.8, 4) is 0 Å². The number of rotatable bonds is 9. The van der Waals surface area contributed by atoms with E-state index in [2.05, 4.69) is 55.4 Å². The molecule has 1 heteroatoms. The third-order valence-corrected chi connectivity index (χ3v) is 9.36. The molecule has 2 aliphatic carbocycles. The first kappa shape index (κ1) is 25.2. The molecule has 0 amide bonds. The largest absolute Gasteiger partial charge is 0.325 e. The van der Waals surface area contributed by atoms with E-state index in [4.69, 9.17) is 5.73 Å². The summed E-state index contributed by atoms with van der Waals surface area (Å²) in [7, 11) is 0. The van der Waals surface area contributed by atoms with Crippen molar-refractivity contribution in [1.29, 1.82) is 0 Å². The van der Waals surface area contributed by atoms with E-state index in [1.54, 1.807) is 0 Å². The summed E-state index contributed by atoms with van der Waals surface area (Å²) in [6.45, 7) is 19.6. The zero-order valence-corrected chi connectivity index (χ0v) is 21.3. The summed E-state index contributed by atoms with van der Waals surface area (Å²) < 4.78 is 0. The Hall–Kier alpha value is -0.0400. The number of hydrogen-bond acceptors (Lipinski definition) is 1. The molecule has 0 aromatic carbocycles. The topological polar surface area (TPSA) is 26.0 Å². The molecule has 8 atom stereocenters. The van der Waals surface area contributed by atoms with Crippen molar-refractivity contribution in [2.45, 2.75) is 125 Å². The van der Waals surface area contributed by atoms with Crippen LogP contribution in [0.3, 0.4) is 0 Å². The minimum atomic E-state index is 0.0131. The van der Waals surface area contributed by atoms with Crippen LogP contribution in [0, 0.1) is 53.3 Å². The van der Waals surface area contributed by atoms with E-state index in [9.17, 15) is 0 Å². The highest BCUT2D eigenvalue weighted by Gasteiger charge is 2.41. The van der Waals surface area contributed by atoms with Gasteiger partial charge in [0.25, 0.3) is 0 Å². The van der Waals surface area contributed by atoms with Gasteiger partial charge in [-0.05, 0) is 92.3 Å². The normalized spacial score (nSPS) is 36.9. The lowest BCUT2D eigenvalue weighted by atomic mass is 9.61. The monoisotopic (exact) mass is 405 g/mol. The van der Waals surface area contributed by atoms with Gasteiger partial charge in [0.15, 0.2) is 0 Å². The second-order valence-corrected chi connectivity index (χ2v) is 12.5.